The molecule has 0 saturated carbocycles. The van der Waals surface area contributed by atoms with Gasteiger partial charge in [-0.2, -0.15) is 0 Å². The molecule has 0 fully saturated rings. The Bertz CT molecular complexity index is 1000. The SMILES string of the molecule is C=C(C)C(=C)OCC(COC(=O)C(=C)C)Cc1ccc(-c2ccc(OC(O)C(=C)C)cc2)cc1. The minimum Gasteiger partial charge on any atom is -0.494 e. The van der Waals surface area contributed by atoms with Crippen LogP contribution in [-0.4, -0.2) is 30.6 Å². The van der Waals surface area contributed by atoms with Crippen LogP contribution in [-0.2, 0) is 20.7 Å². The molecule has 0 radical (unpaired) electrons. The van der Waals surface area contributed by atoms with Crippen LogP contribution in [0.1, 0.15) is 26.3 Å². The molecule has 0 amide bonds. The second-order valence-corrected chi connectivity index (χ2v) is 8.50. The highest BCUT2D eigenvalue weighted by molar-refractivity contribution is 5.86. The topological polar surface area (TPSA) is 65.0 Å². The quantitative estimate of drug-likeness (QED) is 0.0986. The Morgan fingerprint density at radius 2 is 1.35 bits per heavy atom. The summed E-state index contributed by atoms with van der Waals surface area (Å²) in [5.74, 6) is 0.623. The van der Waals surface area contributed by atoms with Gasteiger partial charge in [0, 0.05) is 11.5 Å². The summed E-state index contributed by atoms with van der Waals surface area (Å²) in [5.41, 5.74) is 4.83. The van der Waals surface area contributed by atoms with Gasteiger partial charge in [-0.05, 0) is 67.2 Å². The van der Waals surface area contributed by atoms with Gasteiger partial charge < -0.3 is 19.3 Å². The van der Waals surface area contributed by atoms with Crippen molar-refractivity contribution < 1.29 is 24.1 Å². The maximum Gasteiger partial charge on any atom is 0.333 e. The van der Waals surface area contributed by atoms with Gasteiger partial charge in [0.15, 0.2) is 0 Å². The van der Waals surface area contributed by atoms with E-state index in [1.54, 1.807) is 13.8 Å². The second-order valence-electron chi connectivity index (χ2n) is 8.50. The normalized spacial score (nSPS) is 12.2. The maximum absolute atomic E-state index is 11.8. The lowest BCUT2D eigenvalue weighted by Gasteiger charge is -2.19. The van der Waals surface area contributed by atoms with Crippen LogP contribution in [0.25, 0.3) is 11.1 Å². The Morgan fingerprint density at radius 3 is 1.85 bits per heavy atom. The number of aliphatic hydroxyl groups excluding tert-OH is 1. The van der Waals surface area contributed by atoms with Gasteiger partial charge in [-0.3, -0.25) is 0 Å². The summed E-state index contributed by atoms with van der Waals surface area (Å²) in [6, 6.07) is 15.7. The van der Waals surface area contributed by atoms with Crippen LogP contribution in [0.15, 0.2) is 97.3 Å². The van der Waals surface area contributed by atoms with Gasteiger partial charge in [-0.1, -0.05) is 62.7 Å². The molecule has 0 saturated heterocycles. The van der Waals surface area contributed by atoms with Gasteiger partial charge in [0.25, 0.3) is 0 Å². The number of carbonyl (C=O) groups is 1. The van der Waals surface area contributed by atoms with Crippen molar-refractivity contribution in [2.24, 2.45) is 5.92 Å². The van der Waals surface area contributed by atoms with Crippen molar-refractivity contribution in [2.45, 2.75) is 33.5 Å². The average molecular weight is 463 g/mol. The lowest BCUT2D eigenvalue weighted by atomic mass is 9.97. The van der Waals surface area contributed by atoms with Crippen LogP contribution in [0.5, 0.6) is 5.75 Å². The zero-order valence-electron chi connectivity index (χ0n) is 20.3. The van der Waals surface area contributed by atoms with E-state index in [-0.39, 0.29) is 12.5 Å². The van der Waals surface area contributed by atoms with E-state index in [9.17, 15) is 9.90 Å². The molecule has 180 valence electrons. The molecule has 2 aromatic carbocycles. The third-order valence-electron chi connectivity index (χ3n) is 5.10. The van der Waals surface area contributed by atoms with Gasteiger partial charge >= 0.3 is 5.97 Å². The Labute approximate surface area is 202 Å². The summed E-state index contributed by atoms with van der Waals surface area (Å²) >= 11 is 0. The Balaban J connectivity index is 2.05. The lowest BCUT2D eigenvalue weighted by Crippen LogP contribution is -2.21. The van der Waals surface area contributed by atoms with E-state index in [1.807, 2.05) is 55.5 Å². The Kier molecular flexibility index (Phi) is 9.90. The molecule has 0 spiro atoms. The second kappa shape index (κ2) is 12.6. The number of aliphatic hydroxyl groups is 1. The van der Waals surface area contributed by atoms with E-state index in [1.165, 1.54) is 0 Å². The van der Waals surface area contributed by atoms with Crippen molar-refractivity contribution >= 4 is 5.97 Å². The van der Waals surface area contributed by atoms with Gasteiger partial charge in [0.05, 0.1) is 13.2 Å². The zero-order valence-corrected chi connectivity index (χ0v) is 20.3. The smallest absolute Gasteiger partial charge is 0.333 e. The van der Waals surface area contributed by atoms with Crippen molar-refractivity contribution in [1.29, 1.82) is 0 Å². The van der Waals surface area contributed by atoms with Crippen molar-refractivity contribution in [2.75, 3.05) is 13.2 Å². The molecule has 2 rings (SSSR count). The van der Waals surface area contributed by atoms with E-state index < -0.39 is 12.3 Å². The maximum atomic E-state index is 11.8. The molecule has 2 aromatic rings. The molecule has 0 bridgehead atoms. The first-order valence-electron chi connectivity index (χ1n) is 11.1. The number of hydrogen-bond donors (Lipinski definition) is 1. The number of allylic oxidation sites excluding steroid dienone is 1. The molecule has 34 heavy (non-hydrogen) atoms. The van der Waals surface area contributed by atoms with Crippen LogP contribution in [0, 0.1) is 5.92 Å². The molecular weight excluding hydrogens is 428 g/mol. The van der Waals surface area contributed by atoms with E-state index in [2.05, 4.69) is 26.3 Å². The first kappa shape index (κ1) is 26.7. The molecule has 0 aliphatic heterocycles. The first-order chi connectivity index (χ1) is 16.1. The first-order valence-corrected chi connectivity index (χ1v) is 11.1. The average Bonchev–Trinajstić information content (AvgIpc) is 2.81. The van der Waals surface area contributed by atoms with Gasteiger partial charge in [0.1, 0.15) is 11.5 Å². The highest BCUT2D eigenvalue weighted by Gasteiger charge is 2.16. The number of rotatable bonds is 13. The third kappa shape index (κ3) is 8.41. The number of benzene rings is 2. The largest absolute Gasteiger partial charge is 0.494 e. The van der Waals surface area contributed by atoms with E-state index >= 15 is 0 Å². The van der Waals surface area contributed by atoms with Crippen LogP contribution < -0.4 is 4.74 Å². The molecule has 2 unspecified atom stereocenters. The minimum atomic E-state index is -1.02. The molecule has 2 atom stereocenters. The summed E-state index contributed by atoms with van der Waals surface area (Å²) in [7, 11) is 0. The van der Waals surface area contributed by atoms with Gasteiger partial charge in [-0.25, -0.2) is 4.79 Å². The molecular formula is C29H34O5. The minimum absolute atomic E-state index is 0.0542. The summed E-state index contributed by atoms with van der Waals surface area (Å²) in [6.07, 6.45) is -0.358. The fourth-order valence-electron chi connectivity index (χ4n) is 2.95. The summed E-state index contributed by atoms with van der Waals surface area (Å²) < 4.78 is 16.5. The fourth-order valence-corrected chi connectivity index (χ4v) is 2.95. The molecule has 0 aliphatic rings. The number of ether oxygens (including phenoxy) is 3. The molecule has 5 nitrogen and oxygen atoms in total. The molecule has 0 aliphatic carbocycles. The predicted octanol–water partition coefficient (Wildman–Crippen LogP) is 6.01. The van der Waals surface area contributed by atoms with Crippen LogP contribution in [0.3, 0.4) is 0 Å². The monoisotopic (exact) mass is 462 g/mol. The standard InChI is InChI=1S/C29H34O5/c1-19(2)22(7)32-17-24(18-33-28(30)20(3)4)16-23-8-10-25(11-9-23)26-12-14-27(15-13-26)34-29(31)21(5)6/h8-15,24,29,31H,1,3,5,7,16-18H2,2,4,6H3. The highest BCUT2D eigenvalue weighted by atomic mass is 16.6. The Hall–Kier alpha value is -3.57. The van der Waals surface area contributed by atoms with Crippen molar-refractivity contribution in [1.82, 2.24) is 0 Å². The molecule has 0 heterocycles. The predicted molar refractivity (Wildman–Crippen MR) is 136 cm³/mol. The van der Waals surface area contributed by atoms with Crippen molar-refractivity contribution in [3.05, 3.63) is 103 Å². The molecule has 1 N–H and O–H groups in total. The van der Waals surface area contributed by atoms with Crippen molar-refractivity contribution in [3.63, 3.8) is 0 Å². The fraction of sp³-hybridized carbons (Fsp3) is 0.276. The van der Waals surface area contributed by atoms with Crippen molar-refractivity contribution in [3.8, 4) is 16.9 Å². The van der Waals surface area contributed by atoms with E-state index in [0.29, 0.717) is 35.7 Å². The number of hydrogen-bond acceptors (Lipinski definition) is 5. The zero-order chi connectivity index (χ0) is 25.3. The number of esters is 1. The van der Waals surface area contributed by atoms with Crippen LogP contribution in [0.4, 0.5) is 0 Å². The van der Waals surface area contributed by atoms with Crippen LogP contribution in [0.2, 0.25) is 0 Å². The van der Waals surface area contributed by atoms with E-state index in [0.717, 1.165) is 22.3 Å². The van der Waals surface area contributed by atoms with E-state index in [4.69, 9.17) is 14.2 Å². The molecule has 5 heteroatoms. The third-order valence-corrected chi connectivity index (χ3v) is 5.10. The summed E-state index contributed by atoms with van der Waals surface area (Å²) in [5, 5.41) is 9.79. The summed E-state index contributed by atoms with van der Waals surface area (Å²) in [4.78, 5) is 11.8. The summed E-state index contributed by atoms with van der Waals surface area (Å²) in [6.45, 7) is 20.7. The van der Waals surface area contributed by atoms with Gasteiger partial charge in [0.2, 0.25) is 6.29 Å². The Morgan fingerprint density at radius 1 is 0.824 bits per heavy atom. The van der Waals surface area contributed by atoms with Crippen LogP contribution >= 0.6 is 0 Å². The van der Waals surface area contributed by atoms with Gasteiger partial charge in [-0.15, -0.1) is 0 Å². The number of carbonyl (C=O) groups excluding carboxylic acids is 1. The lowest BCUT2D eigenvalue weighted by molar-refractivity contribution is -0.140. The molecule has 0 aromatic heterocycles. The highest BCUT2D eigenvalue weighted by Crippen LogP contribution is 2.24.